The molecular weight excluding hydrogens is 428 g/mol. The van der Waals surface area contributed by atoms with Gasteiger partial charge in [0.05, 0.1) is 18.9 Å². The number of amides is 2. The minimum Gasteiger partial charge on any atom is -0.496 e. The van der Waals surface area contributed by atoms with Gasteiger partial charge >= 0.3 is 6.03 Å². The maximum absolute atomic E-state index is 12.7. The van der Waals surface area contributed by atoms with Crippen LogP contribution >= 0.6 is 11.6 Å². The van der Waals surface area contributed by atoms with Gasteiger partial charge in [0, 0.05) is 56.4 Å². The molecule has 168 valence electrons. The van der Waals surface area contributed by atoms with Gasteiger partial charge in [-0.25, -0.2) is 9.78 Å². The Hall–Kier alpha value is -3.19. The summed E-state index contributed by atoms with van der Waals surface area (Å²) in [7, 11) is 1.65. The Labute approximate surface area is 192 Å². The SMILES string of the molecule is COc1cc(N2CCCN(C(=O)NCc3ccc(Cl)cc3)CC2)ccc1-c1cnc(C)o1. The first-order valence-corrected chi connectivity index (χ1v) is 11.0. The molecule has 3 aromatic rings. The van der Waals surface area contributed by atoms with Crippen LogP contribution in [0.4, 0.5) is 10.5 Å². The van der Waals surface area contributed by atoms with Gasteiger partial charge < -0.3 is 24.3 Å². The van der Waals surface area contributed by atoms with Crippen molar-refractivity contribution < 1.29 is 13.9 Å². The van der Waals surface area contributed by atoms with Crippen molar-refractivity contribution in [1.82, 2.24) is 15.2 Å². The van der Waals surface area contributed by atoms with Gasteiger partial charge in [-0.3, -0.25) is 0 Å². The maximum atomic E-state index is 12.7. The standard InChI is InChI=1S/C24H27ClN4O3/c1-17-26-16-23(32-17)21-9-8-20(14-22(21)31-2)28-10-3-11-29(13-12-28)24(30)27-15-18-4-6-19(25)7-5-18/h4-9,14,16H,3,10-13,15H2,1-2H3,(H,27,30). The predicted molar refractivity (Wildman–Crippen MR) is 125 cm³/mol. The van der Waals surface area contributed by atoms with Gasteiger partial charge in [0.1, 0.15) is 5.75 Å². The topological polar surface area (TPSA) is 70.8 Å². The minimum absolute atomic E-state index is 0.0459. The Bertz CT molecular complexity index is 1070. The summed E-state index contributed by atoms with van der Waals surface area (Å²) in [5.74, 6) is 2.04. The van der Waals surface area contributed by atoms with Crippen LogP contribution in [-0.4, -0.2) is 49.2 Å². The maximum Gasteiger partial charge on any atom is 0.317 e. The molecule has 2 heterocycles. The van der Waals surface area contributed by atoms with E-state index in [0.717, 1.165) is 48.6 Å². The van der Waals surface area contributed by atoms with E-state index in [2.05, 4.69) is 21.3 Å². The third-order valence-electron chi connectivity index (χ3n) is 5.58. The first-order valence-electron chi connectivity index (χ1n) is 10.7. The van der Waals surface area contributed by atoms with E-state index in [0.29, 0.717) is 29.8 Å². The Morgan fingerprint density at radius 3 is 2.69 bits per heavy atom. The molecule has 1 fully saturated rings. The normalized spacial score (nSPS) is 14.2. The summed E-state index contributed by atoms with van der Waals surface area (Å²) in [4.78, 5) is 21.0. The number of anilines is 1. The first-order chi connectivity index (χ1) is 15.5. The smallest absolute Gasteiger partial charge is 0.317 e. The molecule has 0 radical (unpaired) electrons. The molecule has 4 rings (SSSR count). The van der Waals surface area contributed by atoms with Gasteiger partial charge in [-0.2, -0.15) is 0 Å². The molecule has 1 N–H and O–H groups in total. The number of nitrogens with zero attached hydrogens (tertiary/aromatic N) is 3. The van der Waals surface area contributed by atoms with Crippen LogP contribution in [0.25, 0.3) is 11.3 Å². The summed E-state index contributed by atoms with van der Waals surface area (Å²) < 4.78 is 11.3. The lowest BCUT2D eigenvalue weighted by molar-refractivity contribution is 0.201. The zero-order valence-electron chi connectivity index (χ0n) is 18.3. The van der Waals surface area contributed by atoms with Crippen molar-refractivity contribution in [1.29, 1.82) is 0 Å². The number of ether oxygens (including phenoxy) is 1. The number of urea groups is 1. The fourth-order valence-electron chi connectivity index (χ4n) is 3.84. The number of carbonyl (C=O) groups excluding carboxylic acids is 1. The average molecular weight is 455 g/mol. The highest BCUT2D eigenvalue weighted by Gasteiger charge is 2.20. The summed E-state index contributed by atoms with van der Waals surface area (Å²) in [5, 5.41) is 3.69. The molecule has 0 atom stereocenters. The number of nitrogens with one attached hydrogen (secondary N) is 1. The van der Waals surface area contributed by atoms with Gasteiger partial charge in [0.2, 0.25) is 0 Å². The Morgan fingerprint density at radius 1 is 1.16 bits per heavy atom. The molecule has 0 bridgehead atoms. The second-order valence-corrected chi connectivity index (χ2v) is 8.18. The quantitative estimate of drug-likeness (QED) is 0.603. The highest BCUT2D eigenvalue weighted by atomic mass is 35.5. The molecule has 1 saturated heterocycles. The van der Waals surface area contributed by atoms with Crippen LogP contribution in [-0.2, 0) is 6.54 Å². The van der Waals surface area contributed by atoms with Crippen LogP contribution in [0.15, 0.2) is 53.1 Å². The van der Waals surface area contributed by atoms with Crippen molar-refractivity contribution in [3.05, 3.63) is 65.1 Å². The number of benzene rings is 2. The van der Waals surface area contributed by atoms with E-state index in [4.69, 9.17) is 20.8 Å². The van der Waals surface area contributed by atoms with Crippen molar-refractivity contribution in [2.45, 2.75) is 19.9 Å². The summed E-state index contributed by atoms with van der Waals surface area (Å²) >= 11 is 5.92. The second kappa shape index (κ2) is 9.96. The van der Waals surface area contributed by atoms with E-state index < -0.39 is 0 Å². The predicted octanol–water partition coefficient (Wildman–Crippen LogP) is 4.73. The van der Waals surface area contributed by atoms with Gasteiger partial charge in [-0.1, -0.05) is 23.7 Å². The zero-order valence-corrected chi connectivity index (χ0v) is 19.1. The number of oxazole rings is 1. The van der Waals surface area contributed by atoms with Crippen LogP contribution in [0.3, 0.4) is 0 Å². The molecule has 1 aromatic heterocycles. The molecule has 0 aliphatic carbocycles. The van der Waals surface area contributed by atoms with Crippen molar-refractivity contribution in [3.63, 3.8) is 0 Å². The molecule has 0 unspecified atom stereocenters. The van der Waals surface area contributed by atoms with Gasteiger partial charge in [-0.05, 0) is 36.2 Å². The second-order valence-electron chi connectivity index (χ2n) is 7.74. The zero-order chi connectivity index (χ0) is 22.5. The average Bonchev–Trinajstić information content (AvgIpc) is 3.09. The van der Waals surface area contributed by atoms with Crippen LogP contribution in [0.2, 0.25) is 5.02 Å². The number of aryl methyl sites for hydroxylation is 1. The molecule has 0 saturated carbocycles. The van der Waals surface area contributed by atoms with E-state index in [1.54, 1.807) is 13.3 Å². The van der Waals surface area contributed by atoms with Crippen molar-refractivity contribution in [2.75, 3.05) is 38.2 Å². The molecule has 1 aliphatic heterocycles. The third kappa shape index (κ3) is 5.16. The van der Waals surface area contributed by atoms with E-state index >= 15 is 0 Å². The van der Waals surface area contributed by atoms with Gasteiger partial charge in [0.25, 0.3) is 0 Å². The summed E-state index contributed by atoms with van der Waals surface area (Å²) in [6.45, 7) is 5.28. The van der Waals surface area contributed by atoms with E-state index in [1.807, 2.05) is 48.2 Å². The highest BCUT2D eigenvalue weighted by molar-refractivity contribution is 6.30. The minimum atomic E-state index is -0.0459. The summed E-state index contributed by atoms with van der Waals surface area (Å²) in [6.07, 6.45) is 2.60. The van der Waals surface area contributed by atoms with Gasteiger partial charge in [-0.15, -0.1) is 0 Å². The Kier molecular flexibility index (Phi) is 6.85. The molecule has 7 nitrogen and oxygen atoms in total. The third-order valence-corrected chi connectivity index (χ3v) is 5.83. The summed E-state index contributed by atoms with van der Waals surface area (Å²) in [6, 6.07) is 13.5. The van der Waals surface area contributed by atoms with Crippen LogP contribution < -0.4 is 15.0 Å². The molecule has 2 aromatic carbocycles. The van der Waals surface area contributed by atoms with Crippen molar-refractivity contribution in [3.8, 4) is 17.1 Å². The van der Waals surface area contributed by atoms with E-state index in [1.165, 1.54) is 0 Å². The molecule has 1 aliphatic rings. The number of hydrogen-bond donors (Lipinski definition) is 1. The van der Waals surface area contributed by atoms with Crippen LogP contribution in [0.5, 0.6) is 5.75 Å². The lowest BCUT2D eigenvalue weighted by atomic mass is 10.1. The number of hydrogen-bond acceptors (Lipinski definition) is 5. The first kappa shape index (κ1) is 22.0. The van der Waals surface area contributed by atoms with Gasteiger partial charge in [0.15, 0.2) is 11.7 Å². The molecule has 0 spiro atoms. The fourth-order valence-corrected chi connectivity index (χ4v) is 3.96. The van der Waals surface area contributed by atoms with Crippen LogP contribution in [0.1, 0.15) is 17.9 Å². The molecule has 32 heavy (non-hydrogen) atoms. The number of halogens is 1. The van der Waals surface area contributed by atoms with Crippen molar-refractivity contribution in [2.24, 2.45) is 0 Å². The highest BCUT2D eigenvalue weighted by Crippen LogP contribution is 2.34. The largest absolute Gasteiger partial charge is 0.496 e. The molecule has 2 amide bonds. The molecular formula is C24H27ClN4O3. The summed E-state index contributed by atoms with van der Waals surface area (Å²) in [5.41, 5.74) is 2.95. The number of carbonyl (C=O) groups is 1. The number of aromatic nitrogens is 1. The van der Waals surface area contributed by atoms with Crippen molar-refractivity contribution >= 4 is 23.3 Å². The van der Waals surface area contributed by atoms with Crippen LogP contribution in [0, 0.1) is 6.92 Å². The lowest BCUT2D eigenvalue weighted by Gasteiger charge is -2.24. The number of methoxy groups -OCH3 is 1. The monoisotopic (exact) mass is 454 g/mol. The van der Waals surface area contributed by atoms with E-state index in [9.17, 15) is 4.79 Å². The number of rotatable bonds is 5. The van der Waals surface area contributed by atoms with E-state index in [-0.39, 0.29) is 6.03 Å². The Morgan fingerprint density at radius 2 is 1.97 bits per heavy atom. The lowest BCUT2D eigenvalue weighted by Crippen LogP contribution is -2.41. The Balaban J connectivity index is 1.38. The molecule has 8 heteroatoms. The fraction of sp³-hybridized carbons (Fsp3) is 0.333.